The van der Waals surface area contributed by atoms with Crippen LogP contribution in [-0.2, 0) is 16.1 Å². The smallest absolute Gasteiger partial charge is 0.241 e. The van der Waals surface area contributed by atoms with Gasteiger partial charge in [0.2, 0.25) is 17.6 Å². The molecule has 1 aliphatic rings. The first kappa shape index (κ1) is 21.9. The summed E-state index contributed by atoms with van der Waals surface area (Å²) in [6, 6.07) is 7.81. The number of nitrogens with zero attached hydrogens (tertiary/aromatic N) is 3. The molecule has 29 heavy (non-hydrogen) atoms. The van der Waals surface area contributed by atoms with Gasteiger partial charge in [0.1, 0.15) is 0 Å². The molecule has 1 aromatic heterocycles. The molecule has 2 heterocycles. The molecule has 1 N–H and O–H groups in total. The van der Waals surface area contributed by atoms with Crippen molar-refractivity contribution >= 4 is 21.8 Å². The van der Waals surface area contributed by atoms with Crippen molar-refractivity contribution in [1.29, 1.82) is 0 Å². The van der Waals surface area contributed by atoms with Crippen molar-refractivity contribution in [3.05, 3.63) is 34.6 Å². The van der Waals surface area contributed by atoms with E-state index < -0.39 is 0 Å². The summed E-state index contributed by atoms with van der Waals surface area (Å²) >= 11 is 3.46. The molecule has 0 bridgehead atoms. The van der Waals surface area contributed by atoms with Crippen LogP contribution in [0.1, 0.15) is 39.0 Å². The summed E-state index contributed by atoms with van der Waals surface area (Å²) in [5, 5.41) is 7.13. The molecule has 7 nitrogen and oxygen atoms in total. The fraction of sp³-hybridized carbons (Fsp3) is 0.571. The second-order valence-corrected chi connectivity index (χ2v) is 8.58. The van der Waals surface area contributed by atoms with Gasteiger partial charge in [-0.15, -0.1) is 0 Å². The maximum absolute atomic E-state index is 12.5. The van der Waals surface area contributed by atoms with E-state index in [9.17, 15) is 4.79 Å². The number of hydrogen-bond donors (Lipinski definition) is 1. The quantitative estimate of drug-likeness (QED) is 0.570. The molecule has 8 heteroatoms. The van der Waals surface area contributed by atoms with Gasteiger partial charge in [-0.05, 0) is 51.8 Å². The van der Waals surface area contributed by atoms with Crippen LogP contribution in [0.3, 0.4) is 0 Å². The van der Waals surface area contributed by atoms with E-state index in [2.05, 4.69) is 36.3 Å². The van der Waals surface area contributed by atoms with E-state index in [1.54, 1.807) is 0 Å². The topological polar surface area (TPSA) is 80.5 Å². The average molecular weight is 465 g/mol. The number of carbonyl (C=O) groups excluding carboxylic acids is 1. The lowest BCUT2D eigenvalue weighted by molar-refractivity contribution is -0.126. The summed E-state index contributed by atoms with van der Waals surface area (Å²) in [5.41, 5.74) is 0.909. The SMILES string of the molecule is CC(C)OCCCNC(=O)C1CCCN(Cc2nc(-c3cccc(Br)c3)no2)C1. The third-order valence-electron chi connectivity index (χ3n) is 4.86. The monoisotopic (exact) mass is 464 g/mol. The molecule has 0 saturated carbocycles. The first-order chi connectivity index (χ1) is 14.0. The van der Waals surface area contributed by atoms with Gasteiger partial charge in [-0.1, -0.05) is 33.2 Å². The fourth-order valence-electron chi connectivity index (χ4n) is 3.42. The van der Waals surface area contributed by atoms with E-state index in [0.29, 0.717) is 38.0 Å². The number of likely N-dealkylation sites (tertiary alicyclic amines) is 1. The van der Waals surface area contributed by atoms with Gasteiger partial charge < -0.3 is 14.6 Å². The number of aromatic nitrogens is 2. The second-order valence-electron chi connectivity index (χ2n) is 7.66. The first-order valence-electron chi connectivity index (χ1n) is 10.2. The molecular formula is C21H29BrN4O3. The highest BCUT2D eigenvalue weighted by atomic mass is 79.9. The lowest BCUT2D eigenvalue weighted by Crippen LogP contribution is -2.43. The van der Waals surface area contributed by atoms with Gasteiger partial charge in [-0.2, -0.15) is 4.98 Å². The zero-order valence-electron chi connectivity index (χ0n) is 17.1. The number of nitrogens with one attached hydrogen (secondary N) is 1. The predicted octanol–water partition coefficient (Wildman–Crippen LogP) is 3.64. The van der Waals surface area contributed by atoms with Crippen molar-refractivity contribution in [3.8, 4) is 11.4 Å². The first-order valence-corrected chi connectivity index (χ1v) is 11.0. The number of hydrogen-bond acceptors (Lipinski definition) is 6. The zero-order chi connectivity index (χ0) is 20.6. The van der Waals surface area contributed by atoms with E-state index in [0.717, 1.165) is 35.8 Å². The van der Waals surface area contributed by atoms with Gasteiger partial charge in [0.15, 0.2) is 0 Å². The van der Waals surface area contributed by atoms with Crippen molar-refractivity contribution in [1.82, 2.24) is 20.4 Å². The molecule has 1 unspecified atom stereocenters. The Balaban J connectivity index is 1.47. The van der Waals surface area contributed by atoms with E-state index in [4.69, 9.17) is 9.26 Å². The van der Waals surface area contributed by atoms with Crippen molar-refractivity contribution in [2.24, 2.45) is 5.92 Å². The number of rotatable bonds is 9. The van der Waals surface area contributed by atoms with Crippen LogP contribution in [-0.4, -0.2) is 53.3 Å². The van der Waals surface area contributed by atoms with Crippen molar-refractivity contribution in [2.45, 2.75) is 45.8 Å². The fourth-order valence-corrected chi connectivity index (χ4v) is 3.81. The molecule has 2 aromatic rings. The summed E-state index contributed by atoms with van der Waals surface area (Å²) in [6.07, 6.45) is 2.96. The number of piperidine rings is 1. The molecule has 0 aliphatic carbocycles. The third-order valence-corrected chi connectivity index (χ3v) is 5.35. The minimum Gasteiger partial charge on any atom is -0.379 e. The molecule has 1 atom stereocenters. The van der Waals surface area contributed by atoms with Crippen LogP contribution < -0.4 is 5.32 Å². The molecule has 1 fully saturated rings. The van der Waals surface area contributed by atoms with Crippen molar-refractivity contribution < 1.29 is 14.1 Å². The summed E-state index contributed by atoms with van der Waals surface area (Å²) < 4.78 is 11.9. The Bertz CT molecular complexity index is 796. The van der Waals surface area contributed by atoms with E-state index in [1.165, 1.54) is 0 Å². The Hall–Kier alpha value is -1.77. The lowest BCUT2D eigenvalue weighted by atomic mass is 9.97. The zero-order valence-corrected chi connectivity index (χ0v) is 18.7. The third kappa shape index (κ3) is 6.90. The number of benzene rings is 1. The van der Waals surface area contributed by atoms with Gasteiger partial charge in [0.05, 0.1) is 18.6 Å². The van der Waals surface area contributed by atoms with Crippen LogP contribution >= 0.6 is 15.9 Å². The summed E-state index contributed by atoms with van der Waals surface area (Å²) in [7, 11) is 0. The van der Waals surface area contributed by atoms with E-state index in [-0.39, 0.29) is 17.9 Å². The van der Waals surface area contributed by atoms with Gasteiger partial charge in [0, 0.05) is 29.7 Å². The normalized spacial score (nSPS) is 17.6. The van der Waals surface area contributed by atoms with Gasteiger partial charge >= 0.3 is 0 Å². The van der Waals surface area contributed by atoms with Gasteiger partial charge in [-0.3, -0.25) is 9.69 Å². The van der Waals surface area contributed by atoms with Crippen LogP contribution in [0.5, 0.6) is 0 Å². The Kier molecular flexibility index (Phi) is 8.20. The minimum atomic E-state index is 0.00207. The van der Waals surface area contributed by atoms with E-state index in [1.807, 2.05) is 38.1 Å². The average Bonchev–Trinajstić information content (AvgIpc) is 3.16. The maximum Gasteiger partial charge on any atom is 0.241 e. The van der Waals surface area contributed by atoms with E-state index >= 15 is 0 Å². The van der Waals surface area contributed by atoms with Crippen molar-refractivity contribution in [3.63, 3.8) is 0 Å². The summed E-state index contributed by atoms with van der Waals surface area (Å²) in [6.45, 7) is 7.56. The maximum atomic E-state index is 12.5. The number of halogens is 1. The molecular weight excluding hydrogens is 436 g/mol. The molecule has 3 rings (SSSR count). The van der Waals surface area contributed by atoms with Crippen LogP contribution in [0.15, 0.2) is 33.3 Å². The number of ether oxygens (including phenoxy) is 1. The highest BCUT2D eigenvalue weighted by molar-refractivity contribution is 9.10. The predicted molar refractivity (Wildman–Crippen MR) is 114 cm³/mol. The standard InChI is InChI=1S/C21H29BrN4O3/c1-15(2)28-11-5-9-23-21(27)17-7-4-10-26(13-17)14-19-24-20(25-29-19)16-6-3-8-18(22)12-16/h3,6,8,12,15,17H,4-5,7,9-11,13-14H2,1-2H3,(H,23,27). The molecule has 0 spiro atoms. The second kappa shape index (κ2) is 10.8. The van der Waals surface area contributed by atoms with Crippen LogP contribution in [0.25, 0.3) is 11.4 Å². The minimum absolute atomic E-state index is 0.00207. The van der Waals surface area contributed by atoms with Crippen LogP contribution in [0.2, 0.25) is 0 Å². The Morgan fingerprint density at radius 1 is 1.45 bits per heavy atom. The van der Waals surface area contributed by atoms with Crippen LogP contribution in [0, 0.1) is 5.92 Å². The molecule has 158 valence electrons. The van der Waals surface area contributed by atoms with Crippen molar-refractivity contribution in [2.75, 3.05) is 26.2 Å². The highest BCUT2D eigenvalue weighted by Gasteiger charge is 2.26. The molecule has 1 amide bonds. The van der Waals surface area contributed by atoms with Gasteiger partial charge in [-0.25, -0.2) is 0 Å². The molecule has 0 radical (unpaired) electrons. The summed E-state index contributed by atoms with van der Waals surface area (Å²) in [5.74, 6) is 1.28. The molecule has 1 aromatic carbocycles. The summed E-state index contributed by atoms with van der Waals surface area (Å²) in [4.78, 5) is 19.2. The Labute approximate surface area is 180 Å². The lowest BCUT2D eigenvalue weighted by Gasteiger charge is -2.30. The van der Waals surface area contributed by atoms with Gasteiger partial charge in [0.25, 0.3) is 0 Å². The number of carbonyl (C=O) groups is 1. The Morgan fingerprint density at radius 2 is 2.31 bits per heavy atom. The Morgan fingerprint density at radius 3 is 3.10 bits per heavy atom. The largest absolute Gasteiger partial charge is 0.379 e. The highest BCUT2D eigenvalue weighted by Crippen LogP contribution is 2.22. The number of amides is 1. The molecule has 1 aliphatic heterocycles. The van der Waals surface area contributed by atoms with Crippen LogP contribution in [0.4, 0.5) is 0 Å². The molecule has 1 saturated heterocycles.